The molecule has 0 aliphatic heterocycles. The normalized spacial score (nSPS) is 31.4. The average Bonchev–Trinajstić information content (AvgIpc) is 3.00. The lowest BCUT2D eigenvalue weighted by Crippen LogP contribution is -2.46. The van der Waals surface area contributed by atoms with Crippen LogP contribution in [0, 0.1) is 5.92 Å². The number of hydrogen-bond acceptors (Lipinski definition) is 3. The second-order valence-corrected chi connectivity index (χ2v) is 4.81. The van der Waals surface area contributed by atoms with Crippen molar-refractivity contribution in [1.82, 2.24) is 5.32 Å². The minimum Gasteiger partial charge on any atom is -0.379 e. The predicted molar refractivity (Wildman–Crippen MR) is 60.1 cm³/mol. The summed E-state index contributed by atoms with van der Waals surface area (Å²) in [6, 6.07) is 0.175. The Kier molecular flexibility index (Phi) is 3.82. The number of ether oxygens (including phenoxy) is 2. The third kappa shape index (κ3) is 2.55. The molecule has 2 saturated carbocycles. The Balaban J connectivity index is 1.85. The zero-order valence-corrected chi connectivity index (χ0v) is 10.1. The van der Waals surface area contributed by atoms with Gasteiger partial charge >= 0.3 is 0 Å². The molecule has 0 spiro atoms. The third-order valence-corrected chi connectivity index (χ3v) is 3.65. The highest BCUT2D eigenvalue weighted by molar-refractivity contribution is 5.81. The molecule has 1 N–H and O–H groups in total. The summed E-state index contributed by atoms with van der Waals surface area (Å²) in [4.78, 5) is 12.0. The molecular formula is C12H21NO3. The Morgan fingerprint density at radius 1 is 1.25 bits per heavy atom. The molecule has 4 heteroatoms. The molecule has 3 atom stereocenters. The number of carbonyl (C=O) groups is 1. The van der Waals surface area contributed by atoms with E-state index in [2.05, 4.69) is 5.32 Å². The summed E-state index contributed by atoms with van der Waals surface area (Å²) in [7, 11) is 3.33. The van der Waals surface area contributed by atoms with E-state index in [1.165, 1.54) is 0 Å². The van der Waals surface area contributed by atoms with Crippen LogP contribution < -0.4 is 5.32 Å². The SMILES string of the molecule is COC1CCCC1NC(=O)C(OC)C1CC1. The Bertz CT molecular complexity index is 253. The van der Waals surface area contributed by atoms with E-state index in [0.717, 1.165) is 32.1 Å². The van der Waals surface area contributed by atoms with Crippen LogP contribution in [-0.2, 0) is 14.3 Å². The summed E-state index contributed by atoms with van der Waals surface area (Å²) >= 11 is 0. The van der Waals surface area contributed by atoms with Gasteiger partial charge in [0.05, 0.1) is 12.1 Å². The smallest absolute Gasteiger partial charge is 0.249 e. The van der Waals surface area contributed by atoms with E-state index in [-0.39, 0.29) is 24.2 Å². The van der Waals surface area contributed by atoms with Crippen LogP contribution in [0.15, 0.2) is 0 Å². The fourth-order valence-electron chi connectivity index (χ4n) is 2.55. The van der Waals surface area contributed by atoms with Crippen molar-refractivity contribution in [3.63, 3.8) is 0 Å². The van der Waals surface area contributed by atoms with Gasteiger partial charge in [0.2, 0.25) is 5.91 Å². The van der Waals surface area contributed by atoms with E-state index in [1.54, 1.807) is 14.2 Å². The van der Waals surface area contributed by atoms with Crippen molar-refractivity contribution in [2.75, 3.05) is 14.2 Å². The van der Waals surface area contributed by atoms with E-state index >= 15 is 0 Å². The molecule has 0 aromatic rings. The molecule has 0 heterocycles. The highest BCUT2D eigenvalue weighted by atomic mass is 16.5. The van der Waals surface area contributed by atoms with Gasteiger partial charge in [-0.3, -0.25) is 4.79 Å². The molecule has 16 heavy (non-hydrogen) atoms. The van der Waals surface area contributed by atoms with Gasteiger partial charge < -0.3 is 14.8 Å². The zero-order valence-electron chi connectivity index (χ0n) is 10.1. The lowest BCUT2D eigenvalue weighted by molar-refractivity contribution is -0.133. The zero-order chi connectivity index (χ0) is 11.5. The van der Waals surface area contributed by atoms with Gasteiger partial charge in [-0.05, 0) is 38.0 Å². The summed E-state index contributed by atoms with van der Waals surface area (Å²) in [5, 5.41) is 3.06. The monoisotopic (exact) mass is 227 g/mol. The second kappa shape index (κ2) is 5.15. The van der Waals surface area contributed by atoms with Crippen LogP contribution in [-0.4, -0.2) is 38.4 Å². The van der Waals surface area contributed by atoms with E-state index in [1.807, 2.05) is 0 Å². The quantitative estimate of drug-likeness (QED) is 0.765. The van der Waals surface area contributed by atoms with Crippen molar-refractivity contribution < 1.29 is 14.3 Å². The number of hydrogen-bond donors (Lipinski definition) is 1. The average molecular weight is 227 g/mol. The number of carbonyl (C=O) groups excluding carboxylic acids is 1. The van der Waals surface area contributed by atoms with Crippen LogP contribution in [0.4, 0.5) is 0 Å². The molecule has 0 bridgehead atoms. The molecule has 0 aromatic heterocycles. The summed E-state index contributed by atoms with van der Waals surface area (Å²) in [5.74, 6) is 0.478. The maximum absolute atomic E-state index is 12.0. The molecule has 2 fully saturated rings. The van der Waals surface area contributed by atoms with E-state index in [9.17, 15) is 4.79 Å². The minimum absolute atomic E-state index is 0.0407. The van der Waals surface area contributed by atoms with Gasteiger partial charge in [0, 0.05) is 14.2 Å². The largest absolute Gasteiger partial charge is 0.379 e. The van der Waals surface area contributed by atoms with Gasteiger partial charge in [0.1, 0.15) is 6.10 Å². The summed E-state index contributed by atoms with van der Waals surface area (Å²) < 4.78 is 10.6. The Morgan fingerprint density at radius 2 is 2.00 bits per heavy atom. The van der Waals surface area contributed by atoms with Crippen molar-refractivity contribution >= 4 is 5.91 Å². The molecule has 0 aromatic carbocycles. The standard InChI is InChI=1S/C12H21NO3/c1-15-10-5-3-4-9(10)13-12(14)11(16-2)8-6-7-8/h8-11H,3-7H2,1-2H3,(H,13,14). The number of nitrogens with one attached hydrogen (secondary N) is 1. The maximum atomic E-state index is 12.0. The van der Waals surface area contributed by atoms with Crippen LogP contribution in [0.2, 0.25) is 0 Å². The van der Waals surface area contributed by atoms with Gasteiger partial charge in [-0.1, -0.05) is 0 Å². The van der Waals surface area contributed by atoms with Crippen LogP contribution in [0.25, 0.3) is 0 Å². The van der Waals surface area contributed by atoms with E-state index in [0.29, 0.717) is 5.92 Å². The highest BCUT2D eigenvalue weighted by Gasteiger charge is 2.38. The van der Waals surface area contributed by atoms with Gasteiger partial charge in [-0.15, -0.1) is 0 Å². The molecule has 2 rings (SSSR count). The first-order valence-corrected chi connectivity index (χ1v) is 6.12. The van der Waals surface area contributed by atoms with Crippen molar-refractivity contribution in [1.29, 1.82) is 0 Å². The number of methoxy groups -OCH3 is 2. The fourth-order valence-corrected chi connectivity index (χ4v) is 2.55. The van der Waals surface area contributed by atoms with Crippen molar-refractivity contribution in [2.24, 2.45) is 5.92 Å². The van der Waals surface area contributed by atoms with Crippen molar-refractivity contribution in [2.45, 2.75) is 50.4 Å². The lowest BCUT2D eigenvalue weighted by Gasteiger charge is -2.22. The van der Waals surface area contributed by atoms with Crippen molar-refractivity contribution in [3.8, 4) is 0 Å². The first-order chi connectivity index (χ1) is 7.76. The molecule has 2 aliphatic rings. The van der Waals surface area contributed by atoms with Gasteiger partial charge in [-0.2, -0.15) is 0 Å². The van der Waals surface area contributed by atoms with Crippen molar-refractivity contribution in [3.05, 3.63) is 0 Å². The molecule has 2 aliphatic carbocycles. The Morgan fingerprint density at radius 3 is 2.56 bits per heavy atom. The van der Waals surface area contributed by atoms with Crippen LogP contribution >= 0.6 is 0 Å². The first-order valence-electron chi connectivity index (χ1n) is 6.12. The number of amides is 1. The molecule has 0 saturated heterocycles. The molecule has 0 radical (unpaired) electrons. The number of rotatable bonds is 5. The fraction of sp³-hybridized carbons (Fsp3) is 0.917. The molecule has 3 unspecified atom stereocenters. The molecule has 92 valence electrons. The topological polar surface area (TPSA) is 47.6 Å². The molecular weight excluding hydrogens is 206 g/mol. The predicted octanol–water partition coefficient (Wildman–Crippen LogP) is 1.10. The van der Waals surface area contributed by atoms with Gasteiger partial charge in [-0.25, -0.2) is 0 Å². The van der Waals surface area contributed by atoms with Gasteiger partial charge in [0.15, 0.2) is 0 Å². The van der Waals surface area contributed by atoms with Crippen LogP contribution in [0.5, 0.6) is 0 Å². The molecule has 4 nitrogen and oxygen atoms in total. The Hall–Kier alpha value is -0.610. The Labute approximate surface area is 96.7 Å². The first kappa shape index (κ1) is 11.9. The lowest BCUT2D eigenvalue weighted by atomic mass is 10.1. The molecule has 1 amide bonds. The van der Waals surface area contributed by atoms with E-state index < -0.39 is 0 Å². The minimum atomic E-state index is -0.252. The van der Waals surface area contributed by atoms with E-state index in [4.69, 9.17) is 9.47 Å². The maximum Gasteiger partial charge on any atom is 0.249 e. The summed E-state index contributed by atoms with van der Waals surface area (Å²) in [5.41, 5.74) is 0. The third-order valence-electron chi connectivity index (χ3n) is 3.65. The van der Waals surface area contributed by atoms with Gasteiger partial charge in [0.25, 0.3) is 0 Å². The van der Waals surface area contributed by atoms with Crippen LogP contribution in [0.1, 0.15) is 32.1 Å². The second-order valence-electron chi connectivity index (χ2n) is 4.81. The van der Waals surface area contributed by atoms with Crippen LogP contribution in [0.3, 0.4) is 0 Å². The summed E-state index contributed by atoms with van der Waals surface area (Å²) in [6.45, 7) is 0. The summed E-state index contributed by atoms with van der Waals surface area (Å²) in [6.07, 6.45) is 5.35. The highest BCUT2D eigenvalue weighted by Crippen LogP contribution is 2.34.